The van der Waals surface area contributed by atoms with Gasteiger partial charge in [0, 0.05) is 25.1 Å². The van der Waals surface area contributed by atoms with Crippen molar-refractivity contribution in [1.82, 2.24) is 25.3 Å². The summed E-state index contributed by atoms with van der Waals surface area (Å²) in [6.45, 7) is 5.75. The van der Waals surface area contributed by atoms with Gasteiger partial charge in [-0.25, -0.2) is 15.0 Å². The van der Waals surface area contributed by atoms with Gasteiger partial charge in [-0.15, -0.1) is 0 Å². The van der Waals surface area contributed by atoms with Crippen LogP contribution in [-0.4, -0.2) is 26.5 Å². The van der Waals surface area contributed by atoms with E-state index in [4.69, 9.17) is 0 Å². The Labute approximate surface area is 100 Å². The Balaban J connectivity index is 2.31. The smallest absolute Gasteiger partial charge is 0.180 e. The molecule has 88 valence electrons. The predicted molar refractivity (Wildman–Crippen MR) is 65.2 cm³/mol. The number of nitrogens with one attached hydrogen (secondary N) is 1. The minimum atomic E-state index is 0.622. The molecule has 0 fully saturated rings. The first-order chi connectivity index (χ1) is 8.31. The molecule has 5 nitrogen and oxygen atoms in total. The first-order valence-electron chi connectivity index (χ1n) is 5.61. The van der Waals surface area contributed by atoms with Gasteiger partial charge in [0.2, 0.25) is 0 Å². The van der Waals surface area contributed by atoms with E-state index in [1.54, 1.807) is 18.6 Å². The van der Waals surface area contributed by atoms with Crippen LogP contribution in [-0.2, 0) is 6.54 Å². The number of hydrogen-bond acceptors (Lipinski definition) is 5. The van der Waals surface area contributed by atoms with Crippen LogP contribution in [0.2, 0.25) is 0 Å². The van der Waals surface area contributed by atoms with Crippen molar-refractivity contribution in [2.45, 2.75) is 20.4 Å². The second-order valence-corrected chi connectivity index (χ2v) is 3.69. The zero-order chi connectivity index (χ0) is 12.1. The summed E-state index contributed by atoms with van der Waals surface area (Å²) in [6, 6.07) is 0. The van der Waals surface area contributed by atoms with E-state index in [1.165, 1.54) is 0 Å². The average Bonchev–Trinajstić information content (AvgIpc) is 2.39. The van der Waals surface area contributed by atoms with Gasteiger partial charge in [0.1, 0.15) is 5.69 Å². The highest BCUT2D eigenvalue weighted by atomic mass is 15.0. The van der Waals surface area contributed by atoms with E-state index in [1.807, 2.05) is 13.1 Å². The molecule has 0 aliphatic carbocycles. The molecule has 2 heterocycles. The van der Waals surface area contributed by atoms with Crippen LogP contribution in [0.5, 0.6) is 0 Å². The summed E-state index contributed by atoms with van der Waals surface area (Å²) in [5, 5.41) is 3.26. The van der Waals surface area contributed by atoms with Crippen molar-refractivity contribution in [2.75, 3.05) is 6.54 Å². The molecular formula is C12H15N5. The van der Waals surface area contributed by atoms with Crippen LogP contribution in [0.25, 0.3) is 11.5 Å². The fraction of sp³-hybridized carbons (Fsp3) is 0.333. The summed E-state index contributed by atoms with van der Waals surface area (Å²) in [5.74, 6) is 0.622. The molecule has 2 aromatic rings. The molecule has 0 atom stereocenters. The van der Waals surface area contributed by atoms with Crippen molar-refractivity contribution in [3.05, 3.63) is 36.0 Å². The predicted octanol–water partition coefficient (Wildman–Crippen LogP) is 1.35. The van der Waals surface area contributed by atoms with E-state index >= 15 is 0 Å². The number of hydrogen-bond donors (Lipinski definition) is 1. The van der Waals surface area contributed by atoms with Crippen molar-refractivity contribution in [3.63, 3.8) is 0 Å². The molecule has 0 aliphatic rings. The van der Waals surface area contributed by atoms with E-state index in [2.05, 4.69) is 32.2 Å². The van der Waals surface area contributed by atoms with Gasteiger partial charge >= 0.3 is 0 Å². The number of nitrogens with zero attached hydrogens (tertiary/aromatic N) is 4. The number of aromatic nitrogens is 4. The topological polar surface area (TPSA) is 63.6 Å². The molecule has 0 spiro atoms. The Morgan fingerprint density at radius 3 is 2.76 bits per heavy atom. The Morgan fingerprint density at radius 2 is 2.06 bits per heavy atom. The third kappa shape index (κ3) is 2.82. The fourth-order valence-corrected chi connectivity index (χ4v) is 1.44. The largest absolute Gasteiger partial charge is 0.311 e. The van der Waals surface area contributed by atoms with E-state index in [0.29, 0.717) is 11.5 Å². The lowest BCUT2D eigenvalue weighted by atomic mass is 10.2. The SMILES string of the molecule is CCNCc1nc(-c2cnccn2)ncc1C. The number of rotatable bonds is 4. The summed E-state index contributed by atoms with van der Waals surface area (Å²) in [4.78, 5) is 17.0. The molecule has 0 bridgehead atoms. The van der Waals surface area contributed by atoms with Gasteiger partial charge in [0.15, 0.2) is 5.82 Å². The molecule has 1 N–H and O–H groups in total. The lowest BCUT2D eigenvalue weighted by Gasteiger charge is -2.06. The van der Waals surface area contributed by atoms with E-state index < -0.39 is 0 Å². The molecule has 5 heteroatoms. The van der Waals surface area contributed by atoms with Gasteiger partial charge in [-0.2, -0.15) is 0 Å². The van der Waals surface area contributed by atoms with Crippen LogP contribution in [0.4, 0.5) is 0 Å². The second-order valence-electron chi connectivity index (χ2n) is 3.69. The Hall–Kier alpha value is -1.88. The molecule has 17 heavy (non-hydrogen) atoms. The maximum atomic E-state index is 4.50. The van der Waals surface area contributed by atoms with Crippen LogP contribution in [0.15, 0.2) is 24.8 Å². The molecule has 0 radical (unpaired) electrons. The molecular weight excluding hydrogens is 214 g/mol. The van der Waals surface area contributed by atoms with Gasteiger partial charge in [-0.1, -0.05) is 6.92 Å². The van der Waals surface area contributed by atoms with E-state index in [-0.39, 0.29) is 0 Å². The summed E-state index contributed by atoms with van der Waals surface area (Å²) < 4.78 is 0. The molecule has 0 aromatic carbocycles. The van der Waals surface area contributed by atoms with Gasteiger partial charge in [0.05, 0.1) is 11.9 Å². The lowest BCUT2D eigenvalue weighted by molar-refractivity contribution is 0.704. The molecule has 0 amide bonds. The van der Waals surface area contributed by atoms with Crippen LogP contribution < -0.4 is 5.32 Å². The zero-order valence-corrected chi connectivity index (χ0v) is 10.0. The van der Waals surface area contributed by atoms with Crippen molar-refractivity contribution in [1.29, 1.82) is 0 Å². The minimum Gasteiger partial charge on any atom is -0.311 e. The highest BCUT2D eigenvalue weighted by Crippen LogP contribution is 2.12. The second kappa shape index (κ2) is 5.45. The fourth-order valence-electron chi connectivity index (χ4n) is 1.44. The standard InChI is InChI=1S/C12H15N5/c1-3-13-7-10-9(2)6-16-12(17-10)11-8-14-4-5-15-11/h4-6,8,13H,3,7H2,1-2H3. The maximum Gasteiger partial charge on any atom is 0.180 e. The monoisotopic (exact) mass is 229 g/mol. The van der Waals surface area contributed by atoms with Crippen molar-refractivity contribution < 1.29 is 0 Å². The minimum absolute atomic E-state index is 0.622. The van der Waals surface area contributed by atoms with Crippen molar-refractivity contribution in [2.24, 2.45) is 0 Å². The average molecular weight is 229 g/mol. The summed E-state index contributed by atoms with van der Waals surface area (Å²) in [7, 11) is 0. The summed E-state index contributed by atoms with van der Waals surface area (Å²) in [5.41, 5.74) is 2.78. The van der Waals surface area contributed by atoms with Gasteiger partial charge in [-0.3, -0.25) is 4.98 Å². The first kappa shape index (κ1) is 11.6. The third-order valence-corrected chi connectivity index (χ3v) is 2.41. The summed E-state index contributed by atoms with van der Waals surface area (Å²) in [6.07, 6.45) is 6.77. The molecule has 0 unspecified atom stereocenters. The van der Waals surface area contributed by atoms with Crippen LogP contribution >= 0.6 is 0 Å². The van der Waals surface area contributed by atoms with E-state index in [0.717, 1.165) is 24.3 Å². The van der Waals surface area contributed by atoms with Gasteiger partial charge < -0.3 is 5.32 Å². The Morgan fingerprint density at radius 1 is 1.18 bits per heavy atom. The molecule has 0 saturated carbocycles. The Bertz CT molecular complexity index is 484. The molecule has 2 rings (SSSR count). The van der Waals surface area contributed by atoms with Crippen LogP contribution in [0, 0.1) is 6.92 Å². The normalized spacial score (nSPS) is 10.5. The van der Waals surface area contributed by atoms with Gasteiger partial charge in [-0.05, 0) is 19.0 Å². The molecule has 0 saturated heterocycles. The van der Waals surface area contributed by atoms with Crippen molar-refractivity contribution >= 4 is 0 Å². The Kier molecular flexibility index (Phi) is 3.72. The van der Waals surface area contributed by atoms with Crippen LogP contribution in [0.3, 0.4) is 0 Å². The molecule has 2 aromatic heterocycles. The van der Waals surface area contributed by atoms with E-state index in [9.17, 15) is 0 Å². The molecule has 0 aliphatic heterocycles. The highest BCUT2D eigenvalue weighted by Gasteiger charge is 2.06. The zero-order valence-electron chi connectivity index (χ0n) is 10.0. The van der Waals surface area contributed by atoms with Crippen molar-refractivity contribution in [3.8, 4) is 11.5 Å². The highest BCUT2D eigenvalue weighted by molar-refractivity contribution is 5.47. The summed E-state index contributed by atoms with van der Waals surface area (Å²) >= 11 is 0. The lowest BCUT2D eigenvalue weighted by Crippen LogP contribution is -2.14. The third-order valence-electron chi connectivity index (χ3n) is 2.41. The number of aryl methyl sites for hydroxylation is 1. The van der Waals surface area contributed by atoms with Crippen LogP contribution in [0.1, 0.15) is 18.2 Å². The van der Waals surface area contributed by atoms with Gasteiger partial charge in [0.25, 0.3) is 0 Å². The maximum absolute atomic E-state index is 4.50. The first-order valence-corrected chi connectivity index (χ1v) is 5.61. The quantitative estimate of drug-likeness (QED) is 0.857.